The third kappa shape index (κ3) is 4.53. The molecule has 1 aliphatic heterocycles. The van der Waals surface area contributed by atoms with Gasteiger partial charge in [0.15, 0.2) is 0 Å². The summed E-state index contributed by atoms with van der Waals surface area (Å²) in [5.41, 5.74) is 2.14. The molecular formula is C16H27N3O. The Balaban J connectivity index is 1.96. The second-order valence-corrected chi connectivity index (χ2v) is 5.82. The highest BCUT2D eigenvalue weighted by atomic mass is 16.5. The largest absolute Gasteiger partial charge is 0.385 e. The van der Waals surface area contributed by atoms with Crippen LogP contribution < -0.4 is 0 Å². The summed E-state index contributed by atoms with van der Waals surface area (Å²) >= 11 is 0. The van der Waals surface area contributed by atoms with Crippen molar-refractivity contribution in [1.82, 2.24) is 14.9 Å². The second-order valence-electron chi connectivity index (χ2n) is 5.82. The summed E-state index contributed by atoms with van der Waals surface area (Å²) in [6, 6.07) is 2.71. The van der Waals surface area contributed by atoms with Crippen LogP contribution in [0.1, 0.15) is 49.3 Å². The molecule has 0 saturated carbocycles. The van der Waals surface area contributed by atoms with Crippen LogP contribution in [0, 0.1) is 13.8 Å². The lowest BCUT2D eigenvalue weighted by molar-refractivity contribution is 0.114. The molecule has 0 radical (unpaired) electrons. The van der Waals surface area contributed by atoms with E-state index in [0.29, 0.717) is 6.04 Å². The maximum Gasteiger partial charge on any atom is 0.142 e. The standard InChI is InChI=1S/C16H27N3O/c1-13-11-14(2)18-16(17-13)12-19-9-5-4-7-15(19)8-6-10-20-3/h11,15H,4-10,12H2,1-3H3/t15-/m0/s1. The van der Waals surface area contributed by atoms with Gasteiger partial charge < -0.3 is 4.74 Å². The van der Waals surface area contributed by atoms with Crippen LogP contribution in [-0.4, -0.2) is 41.2 Å². The van der Waals surface area contributed by atoms with Crippen molar-refractivity contribution in [3.63, 3.8) is 0 Å². The number of nitrogens with zero attached hydrogens (tertiary/aromatic N) is 3. The molecule has 1 aromatic heterocycles. The van der Waals surface area contributed by atoms with E-state index in [9.17, 15) is 0 Å². The van der Waals surface area contributed by atoms with Gasteiger partial charge in [-0.2, -0.15) is 0 Å². The van der Waals surface area contributed by atoms with Gasteiger partial charge in [-0.15, -0.1) is 0 Å². The number of rotatable bonds is 6. The molecule has 0 bridgehead atoms. The highest BCUT2D eigenvalue weighted by molar-refractivity contribution is 5.08. The van der Waals surface area contributed by atoms with E-state index in [0.717, 1.165) is 36.8 Å². The number of likely N-dealkylation sites (tertiary alicyclic amines) is 1. The summed E-state index contributed by atoms with van der Waals surface area (Å²) in [4.78, 5) is 11.7. The fourth-order valence-corrected chi connectivity index (χ4v) is 3.11. The predicted molar refractivity (Wildman–Crippen MR) is 80.7 cm³/mol. The summed E-state index contributed by atoms with van der Waals surface area (Å²) in [5.74, 6) is 0.973. The maximum absolute atomic E-state index is 5.17. The van der Waals surface area contributed by atoms with Crippen molar-refractivity contribution in [1.29, 1.82) is 0 Å². The lowest BCUT2D eigenvalue weighted by Gasteiger charge is -2.35. The Morgan fingerprint density at radius 1 is 1.25 bits per heavy atom. The van der Waals surface area contributed by atoms with Gasteiger partial charge in [0.1, 0.15) is 5.82 Å². The molecular weight excluding hydrogens is 250 g/mol. The van der Waals surface area contributed by atoms with E-state index in [1.54, 1.807) is 7.11 Å². The lowest BCUT2D eigenvalue weighted by Crippen LogP contribution is -2.39. The second kappa shape index (κ2) is 7.70. The Kier molecular flexibility index (Phi) is 5.92. The van der Waals surface area contributed by atoms with Crippen molar-refractivity contribution in [3.05, 3.63) is 23.3 Å². The molecule has 0 amide bonds. The van der Waals surface area contributed by atoms with E-state index in [4.69, 9.17) is 4.74 Å². The number of piperidine rings is 1. The molecule has 0 aliphatic carbocycles. The van der Waals surface area contributed by atoms with Crippen LogP contribution in [-0.2, 0) is 11.3 Å². The maximum atomic E-state index is 5.17. The molecule has 1 atom stereocenters. The number of hydrogen-bond acceptors (Lipinski definition) is 4. The van der Waals surface area contributed by atoms with Crippen LogP contribution in [0.2, 0.25) is 0 Å². The highest BCUT2D eigenvalue weighted by Gasteiger charge is 2.22. The van der Waals surface area contributed by atoms with Crippen molar-refractivity contribution < 1.29 is 4.74 Å². The fourth-order valence-electron chi connectivity index (χ4n) is 3.11. The topological polar surface area (TPSA) is 38.2 Å². The van der Waals surface area contributed by atoms with Gasteiger partial charge in [-0.3, -0.25) is 4.90 Å². The van der Waals surface area contributed by atoms with Gasteiger partial charge in [0.2, 0.25) is 0 Å². The van der Waals surface area contributed by atoms with E-state index in [1.165, 1.54) is 32.2 Å². The fraction of sp³-hybridized carbons (Fsp3) is 0.750. The molecule has 0 N–H and O–H groups in total. The Labute approximate surface area is 122 Å². The molecule has 2 heterocycles. The summed E-state index contributed by atoms with van der Waals surface area (Å²) in [7, 11) is 1.78. The Hall–Kier alpha value is -1.00. The minimum Gasteiger partial charge on any atom is -0.385 e. The van der Waals surface area contributed by atoms with E-state index < -0.39 is 0 Å². The summed E-state index contributed by atoms with van der Waals surface area (Å²) in [6.07, 6.45) is 6.31. The first-order chi connectivity index (χ1) is 9.69. The molecule has 4 heteroatoms. The number of ether oxygens (including phenoxy) is 1. The van der Waals surface area contributed by atoms with E-state index in [2.05, 4.69) is 14.9 Å². The number of aryl methyl sites for hydroxylation is 2. The molecule has 4 nitrogen and oxygen atoms in total. The molecule has 1 fully saturated rings. The molecule has 0 spiro atoms. The monoisotopic (exact) mass is 277 g/mol. The average Bonchev–Trinajstić information content (AvgIpc) is 2.40. The summed E-state index contributed by atoms with van der Waals surface area (Å²) in [6.45, 7) is 7.02. The van der Waals surface area contributed by atoms with E-state index in [-0.39, 0.29) is 0 Å². The minimum atomic E-state index is 0.670. The highest BCUT2D eigenvalue weighted by Crippen LogP contribution is 2.22. The third-order valence-corrected chi connectivity index (χ3v) is 4.01. The number of methoxy groups -OCH3 is 1. The van der Waals surface area contributed by atoms with Gasteiger partial charge in [0, 0.05) is 31.1 Å². The first-order valence-electron chi connectivity index (χ1n) is 7.73. The predicted octanol–water partition coefficient (Wildman–Crippen LogP) is 2.87. The minimum absolute atomic E-state index is 0.670. The molecule has 1 aliphatic rings. The zero-order valence-corrected chi connectivity index (χ0v) is 13.1. The van der Waals surface area contributed by atoms with Gasteiger partial charge in [-0.25, -0.2) is 9.97 Å². The normalized spacial score (nSPS) is 20.2. The Bertz CT molecular complexity index is 402. The third-order valence-electron chi connectivity index (χ3n) is 4.01. The van der Waals surface area contributed by atoms with Crippen LogP contribution in [0.3, 0.4) is 0 Å². The molecule has 1 saturated heterocycles. The van der Waals surface area contributed by atoms with Crippen LogP contribution >= 0.6 is 0 Å². The zero-order chi connectivity index (χ0) is 14.4. The van der Waals surface area contributed by atoms with Crippen molar-refractivity contribution in [2.75, 3.05) is 20.3 Å². The molecule has 0 aromatic carbocycles. The average molecular weight is 277 g/mol. The molecule has 2 rings (SSSR count). The number of hydrogen-bond donors (Lipinski definition) is 0. The van der Waals surface area contributed by atoms with E-state index >= 15 is 0 Å². The molecule has 20 heavy (non-hydrogen) atoms. The summed E-state index contributed by atoms with van der Waals surface area (Å²) < 4.78 is 5.17. The van der Waals surface area contributed by atoms with Crippen molar-refractivity contribution in [3.8, 4) is 0 Å². The SMILES string of the molecule is COCCC[C@@H]1CCCCN1Cc1nc(C)cc(C)n1. The van der Waals surface area contributed by atoms with Gasteiger partial charge in [-0.05, 0) is 52.1 Å². The lowest BCUT2D eigenvalue weighted by atomic mass is 9.98. The van der Waals surface area contributed by atoms with Crippen LogP contribution in [0.4, 0.5) is 0 Å². The quantitative estimate of drug-likeness (QED) is 0.749. The zero-order valence-electron chi connectivity index (χ0n) is 13.1. The number of aromatic nitrogens is 2. The van der Waals surface area contributed by atoms with Gasteiger partial charge in [0.25, 0.3) is 0 Å². The van der Waals surface area contributed by atoms with E-state index in [1.807, 2.05) is 19.9 Å². The van der Waals surface area contributed by atoms with Crippen molar-refractivity contribution >= 4 is 0 Å². The summed E-state index contributed by atoms with van der Waals surface area (Å²) in [5, 5.41) is 0. The molecule has 1 aromatic rings. The molecule has 112 valence electrons. The van der Waals surface area contributed by atoms with Gasteiger partial charge in [0.05, 0.1) is 6.54 Å². The first kappa shape index (κ1) is 15.4. The van der Waals surface area contributed by atoms with Gasteiger partial charge >= 0.3 is 0 Å². The van der Waals surface area contributed by atoms with Crippen LogP contribution in [0.25, 0.3) is 0 Å². The van der Waals surface area contributed by atoms with Crippen molar-refractivity contribution in [2.24, 2.45) is 0 Å². The van der Waals surface area contributed by atoms with Gasteiger partial charge in [-0.1, -0.05) is 6.42 Å². The van der Waals surface area contributed by atoms with Crippen LogP contribution in [0.5, 0.6) is 0 Å². The van der Waals surface area contributed by atoms with Crippen molar-refractivity contribution in [2.45, 2.75) is 58.5 Å². The van der Waals surface area contributed by atoms with Crippen LogP contribution in [0.15, 0.2) is 6.07 Å². The Morgan fingerprint density at radius 2 is 2.00 bits per heavy atom. The first-order valence-corrected chi connectivity index (χ1v) is 7.73. The smallest absolute Gasteiger partial charge is 0.142 e. The Morgan fingerprint density at radius 3 is 2.70 bits per heavy atom. The molecule has 0 unspecified atom stereocenters.